The molecule has 0 saturated carbocycles. The van der Waals surface area contributed by atoms with Gasteiger partial charge in [-0.2, -0.15) is 0 Å². The maximum absolute atomic E-state index is 12.0. The molecule has 0 spiro atoms. The number of halogens is 2. The fourth-order valence-corrected chi connectivity index (χ4v) is 2.15. The lowest BCUT2D eigenvalue weighted by atomic mass is 10.2. The van der Waals surface area contributed by atoms with E-state index in [0.29, 0.717) is 5.02 Å². The molecular weight excluding hydrogens is 373 g/mol. The van der Waals surface area contributed by atoms with Crippen molar-refractivity contribution in [1.82, 2.24) is 0 Å². The van der Waals surface area contributed by atoms with Gasteiger partial charge in [-0.1, -0.05) is 23.2 Å². The van der Waals surface area contributed by atoms with Crippen LogP contribution in [0.5, 0.6) is 5.75 Å². The molecule has 0 unspecified atom stereocenters. The van der Waals surface area contributed by atoms with E-state index in [0.717, 1.165) is 6.07 Å². The Morgan fingerprint density at radius 3 is 2.32 bits per heavy atom. The van der Waals surface area contributed by atoms with Gasteiger partial charge in [0.05, 0.1) is 27.8 Å². The summed E-state index contributed by atoms with van der Waals surface area (Å²) in [6, 6.07) is 7.91. The van der Waals surface area contributed by atoms with E-state index >= 15 is 0 Å². The van der Waals surface area contributed by atoms with E-state index in [1.165, 1.54) is 37.4 Å². The van der Waals surface area contributed by atoms with E-state index in [1.54, 1.807) is 0 Å². The molecular formula is C15H11Cl2N3O5. The predicted molar refractivity (Wildman–Crippen MR) is 93.4 cm³/mol. The van der Waals surface area contributed by atoms with E-state index in [9.17, 15) is 19.7 Å². The number of nitro groups is 1. The minimum absolute atomic E-state index is 0.00834. The summed E-state index contributed by atoms with van der Waals surface area (Å²) in [6.45, 7) is 0. The number of hydrogen-bond acceptors (Lipinski definition) is 5. The number of nitrogens with zero attached hydrogens (tertiary/aromatic N) is 1. The van der Waals surface area contributed by atoms with Gasteiger partial charge in [0.25, 0.3) is 5.69 Å². The summed E-state index contributed by atoms with van der Waals surface area (Å²) < 4.78 is 5.01. The van der Waals surface area contributed by atoms with Gasteiger partial charge in [-0.15, -0.1) is 0 Å². The van der Waals surface area contributed by atoms with E-state index in [1.807, 2.05) is 0 Å². The lowest BCUT2D eigenvalue weighted by Gasteiger charge is -2.10. The van der Waals surface area contributed by atoms with Gasteiger partial charge in [-0.3, -0.25) is 19.7 Å². The highest BCUT2D eigenvalue weighted by molar-refractivity contribution is 6.44. The van der Waals surface area contributed by atoms with Gasteiger partial charge in [0.1, 0.15) is 5.75 Å². The molecule has 0 fully saturated rings. The molecule has 0 aliphatic rings. The molecule has 0 saturated heterocycles. The van der Waals surface area contributed by atoms with Crippen LogP contribution in [0.3, 0.4) is 0 Å². The summed E-state index contributed by atoms with van der Waals surface area (Å²) in [4.78, 5) is 34.2. The first kappa shape index (κ1) is 18.5. The molecule has 0 bridgehead atoms. The van der Waals surface area contributed by atoms with E-state index in [4.69, 9.17) is 27.9 Å². The highest BCUT2D eigenvalue weighted by Crippen LogP contribution is 2.29. The third-order valence-corrected chi connectivity index (χ3v) is 3.76. The van der Waals surface area contributed by atoms with Gasteiger partial charge < -0.3 is 15.4 Å². The second-order valence-electron chi connectivity index (χ2n) is 4.68. The summed E-state index contributed by atoms with van der Waals surface area (Å²) in [7, 11) is 1.33. The molecule has 2 aromatic rings. The van der Waals surface area contributed by atoms with Crippen molar-refractivity contribution < 1.29 is 19.2 Å². The first-order valence-electron chi connectivity index (χ1n) is 6.71. The molecule has 2 rings (SSSR count). The van der Waals surface area contributed by atoms with Crippen molar-refractivity contribution in [3.05, 3.63) is 56.6 Å². The lowest BCUT2D eigenvalue weighted by molar-refractivity contribution is -0.384. The number of nitro benzene ring substituents is 1. The van der Waals surface area contributed by atoms with Gasteiger partial charge in [0.2, 0.25) is 0 Å². The van der Waals surface area contributed by atoms with Crippen LogP contribution in [0.25, 0.3) is 0 Å². The second-order valence-corrected chi connectivity index (χ2v) is 5.49. The van der Waals surface area contributed by atoms with Gasteiger partial charge in [-0.05, 0) is 24.3 Å². The zero-order valence-corrected chi connectivity index (χ0v) is 14.2. The zero-order chi connectivity index (χ0) is 18.6. The van der Waals surface area contributed by atoms with Gasteiger partial charge >= 0.3 is 11.8 Å². The van der Waals surface area contributed by atoms with Crippen LogP contribution in [0.15, 0.2) is 36.4 Å². The van der Waals surface area contributed by atoms with Crippen molar-refractivity contribution in [1.29, 1.82) is 0 Å². The topological polar surface area (TPSA) is 111 Å². The summed E-state index contributed by atoms with van der Waals surface area (Å²) in [5.41, 5.74) is -0.00691. The summed E-state index contributed by atoms with van der Waals surface area (Å²) in [5.74, 6) is -1.86. The molecule has 0 aliphatic carbocycles. The Morgan fingerprint density at radius 1 is 1.04 bits per heavy atom. The third kappa shape index (κ3) is 4.59. The molecule has 2 aromatic carbocycles. The van der Waals surface area contributed by atoms with Gasteiger partial charge in [0, 0.05) is 17.8 Å². The SMILES string of the molecule is COc1ccc([N+](=O)[O-])cc1NC(=O)C(=O)Nc1ccc(Cl)c(Cl)c1. The van der Waals surface area contributed by atoms with Crippen LogP contribution < -0.4 is 15.4 Å². The molecule has 25 heavy (non-hydrogen) atoms. The number of amides is 2. The Morgan fingerprint density at radius 2 is 1.72 bits per heavy atom. The Labute approximate surface area is 151 Å². The number of hydrogen-bond donors (Lipinski definition) is 2. The number of benzene rings is 2. The Balaban J connectivity index is 2.15. The van der Waals surface area contributed by atoms with Crippen LogP contribution in [0, 0.1) is 10.1 Å². The smallest absolute Gasteiger partial charge is 0.314 e. The van der Waals surface area contributed by atoms with Crippen LogP contribution >= 0.6 is 23.2 Å². The van der Waals surface area contributed by atoms with Crippen molar-refractivity contribution in [3.63, 3.8) is 0 Å². The van der Waals surface area contributed by atoms with Crippen molar-refractivity contribution >= 4 is 52.1 Å². The monoisotopic (exact) mass is 383 g/mol. The van der Waals surface area contributed by atoms with Gasteiger partial charge in [0.15, 0.2) is 0 Å². The lowest BCUT2D eigenvalue weighted by Crippen LogP contribution is -2.29. The summed E-state index contributed by atoms with van der Waals surface area (Å²) in [5, 5.41) is 15.9. The van der Waals surface area contributed by atoms with Crippen LogP contribution in [0.4, 0.5) is 17.1 Å². The number of carbonyl (C=O) groups excluding carboxylic acids is 2. The standard InChI is InChI=1S/C15H11Cl2N3O5/c1-25-13-5-3-9(20(23)24)7-12(13)19-15(22)14(21)18-8-2-4-10(16)11(17)6-8/h2-7H,1H3,(H,18,21)(H,19,22). The molecule has 0 heterocycles. The maximum Gasteiger partial charge on any atom is 0.314 e. The van der Waals surface area contributed by atoms with E-state index in [2.05, 4.69) is 10.6 Å². The summed E-state index contributed by atoms with van der Waals surface area (Å²) >= 11 is 11.6. The number of nitrogens with one attached hydrogen (secondary N) is 2. The molecule has 2 N–H and O–H groups in total. The number of non-ortho nitro benzene ring substituents is 1. The molecule has 0 atom stereocenters. The third-order valence-electron chi connectivity index (χ3n) is 3.03. The molecule has 0 aromatic heterocycles. The molecule has 10 heteroatoms. The van der Waals surface area contributed by atoms with Crippen LogP contribution in [-0.2, 0) is 9.59 Å². The van der Waals surface area contributed by atoms with Crippen molar-refractivity contribution in [3.8, 4) is 5.75 Å². The molecule has 8 nitrogen and oxygen atoms in total. The number of anilines is 2. The predicted octanol–water partition coefficient (Wildman–Crippen LogP) is 3.49. The minimum atomic E-state index is -1.04. The van der Waals surface area contributed by atoms with Gasteiger partial charge in [-0.25, -0.2) is 0 Å². The normalized spacial score (nSPS) is 10.0. The molecule has 0 aliphatic heterocycles. The fraction of sp³-hybridized carbons (Fsp3) is 0.0667. The first-order valence-corrected chi connectivity index (χ1v) is 7.47. The first-order chi connectivity index (χ1) is 11.8. The minimum Gasteiger partial charge on any atom is -0.495 e. The summed E-state index contributed by atoms with van der Waals surface area (Å²) in [6.07, 6.45) is 0. The van der Waals surface area contributed by atoms with E-state index < -0.39 is 16.7 Å². The number of rotatable bonds is 4. The average molecular weight is 384 g/mol. The second kappa shape index (κ2) is 7.82. The largest absolute Gasteiger partial charge is 0.495 e. The number of ether oxygens (including phenoxy) is 1. The van der Waals surface area contributed by atoms with Crippen molar-refractivity contribution in [2.24, 2.45) is 0 Å². The zero-order valence-electron chi connectivity index (χ0n) is 12.7. The highest BCUT2D eigenvalue weighted by Gasteiger charge is 2.19. The van der Waals surface area contributed by atoms with Crippen LogP contribution in [-0.4, -0.2) is 23.8 Å². The molecule has 0 radical (unpaired) electrons. The van der Waals surface area contributed by atoms with Crippen LogP contribution in [0.2, 0.25) is 10.0 Å². The highest BCUT2D eigenvalue weighted by atomic mass is 35.5. The Hall–Kier alpha value is -2.84. The van der Waals surface area contributed by atoms with Crippen molar-refractivity contribution in [2.45, 2.75) is 0 Å². The molecule has 2 amide bonds. The Bertz CT molecular complexity index is 857. The number of methoxy groups -OCH3 is 1. The fourth-order valence-electron chi connectivity index (χ4n) is 1.85. The van der Waals surface area contributed by atoms with E-state index in [-0.39, 0.29) is 27.8 Å². The number of carbonyl (C=O) groups is 2. The van der Waals surface area contributed by atoms with Crippen molar-refractivity contribution in [2.75, 3.05) is 17.7 Å². The molecule has 130 valence electrons. The quantitative estimate of drug-likeness (QED) is 0.476. The Kier molecular flexibility index (Phi) is 5.79. The average Bonchev–Trinajstić information content (AvgIpc) is 2.57. The maximum atomic E-state index is 12.0. The van der Waals surface area contributed by atoms with Crippen LogP contribution in [0.1, 0.15) is 0 Å².